The third-order valence-corrected chi connectivity index (χ3v) is 5.94. The first kappa shape index (κ1) is 21.9. The number of nitrogens with one attached hydrogen (secondary N) is 1. The Hall–Kier alpha value is -2.77. The maximum atomic E-state index is 12.6. The normalized spacial score (nSPS) is 18.0. The molecule has 3 rings (SSSR count). The lowest BCUT2D eigenvalue weighted by atomic mass is 9.79. The van der Waals surface area contributed by atoms with Crippen molar-refractivity contribution in [3.05, 3.63) is 64.2 Å². The molecule has 0 saturated heterocycles. The van der Waals surface area contributed by atoms with E-state index in [1.54, 1.807) is 30.3 Å². The Labute approximate surface area is 184 Å². The molecule has 1 aliphatic rings. The van der Waals surface area contributed by atoms with Gasteiger partial charge in [0.15, 0.2) is 0 Å². The molecule has 1 amide bonds. The van der Waals surface area contributed by atoms with Gasteiger partial charge in [0.1, 0.15) is 11.6 Å². The summed E-state index contributed by atoms with van der Waals surface area (Å²) in [7, 11) is 0. The number of rotatable bonds is 4. The lowest BCUT2D eigenvalue weighted by molar-refractivity contribution is -0.112. The van der Waals surface area contributed by atoms with E-state index in [1.807, 2.05) is 12.1 Å². The fourth-order valence-corrected chi connectivity index (χ4v) is 4.79. The number of hydrogen-bond donors (Lipinski definition) is 1. The highest BCUT2D eigenvalue weighted by molar-refractivity contribution is 6.34. The van der Waals surface area contributed by atoms with Crippen LogP contribution in [-0.2, 0) is 4.79 Å². The molecule has 0 spiro atoms. The second-order valence-corrected chi connectivity index (χ2v) is 9.21. The van der Waals surface area contributed by atoms with E-state index in [0.29, 0.717) is 22.7 Å². The number of carbonyl (C=O) groups excluding carboxylic acids is 1. The van der Waals surface area contributed by atoms with E-state index in [9.17, 15) is 10.1 Å². The van der Waals surface area contributed by atoms with Gasteiger partial charge in [-0.15, -0.1) is 0 Å². The zero-order chi connectivity index (χ0) is 22.1. The predicted octanol–water partition coefficient (Wildman–Crippen LogP) is 6.39. The summed E-state index contributed by atoms with van der Waals surface area (Å²) in [5.74, 6) is -0.0813. The monoisotopic (exact) mass is 421 g/mol. The van der Waals surface area contributed by atoms with E-state index >= 15 is 0 Å². The van der Waals surface area contributed by atoms with Crippen molar-refractivity contribution in [2.24, 2.45) is 0 Å². The van der Waals surface area contributed by atoms with Gasteiger partial charge in [-0.05, 0) is 81.5 Å². The number of amides is 1. The van der Waals surface area contributed by atoms with Crippen molar-refractivity contribution in [1.82, 2.24) is 0 Å². The highest BCUT2D eigenvalue weighted by Crippen LogP contribution is 2.44. The predicted molar refractivity (Wildman–Crippen MR) is 125 cm³/mol. The van der Waals surface area contributed by atoms with Gasteiger partial charge in [-0.3, -0.25) is 4.79 Å². The van der Waals surface area contributed by atoms with Crippen LogP contribution in [0.1, 0.15) is 58.1 Å². The summed E-state index contributed by atoms with van der Waals surface area (Å²) in [5, 5.41) is 12.7. The molecule has 30 heavy (non-hydrogen) atoms. The van der Waals surface area contributed by atoms with Crippen LogP contribution in [0.4, 0.5) is 11.4 Å². The Bertz CT molecular complexity index is 1030. The second kappa shape index (κ2) is 8.53. The topological polar surface area (TPSA) is 56.1 Å². The molecule has 0 unspecified atom stereocenters. The lowest BCUT2D eigenvalue weighted by Crippen LogP contribution is -2.51. The molecule has 0 saturated carbocycles. The molecule has 5 heteroatoms. The molecule has 0 fully saturated rings. The maximum Gasteiger partial charge on any atom is 0.266 e. The fourth-order valence-electron chi connectivity index (χ4n) is 4.61. The van der Waals surface area contributed by atoms with Crippen LogP contribution in [0.3, 0.4) is 0 Å². The van der Waals surface area contributed by atoms with E-state index in [-0.39, 0.29) is 11.1 Å². The van der Waals surface area contributed by atoms with Crippen molar-refractivity contribution in [3.63, 3.8) is 0 Å². The average molecular weight is 422 g/mol. The standard InChI is InChI=1S/C25H28ClN3O/c1-16(2)29-23-11-10-18(13-20(23)17(3)14-25(29,4)5)12-19(15-27)24(30)28-22-9-7-6-8-21(22)26/h6-13,16-17H,14H2,1-5H3,(H,28,30)/b19-12-/t17-/m0/s1. The fraction of sp³-hybridized carbons (Fsp3) is 0.360. The van der Waals surface area contributed by atoms with Crippen LogP contribution in [0.15, 0.2) is 48.0 Å². The number of fused-ring (bicyclic) bond motifs is 1. The van der Waals surface area contributed by atoms with Crippen LogP contribution in [-0.4, -0.2) is 17.5 Å². The zero-order valence-corrected chi connectivity index (χ0v) is 18.9. The smallest absolute Gasteiger partial charge is 0.266 e. The number of nitrogens with zero attached hydrogens (tertiary/aromatic N) is 2. The molecule has 1 heterocycles. The van der Waals surface area contributed by atoms with E-state index in [4.69, 9.17) is 11.6 Å². The molecule has 1 N–H and O–H groups in total. The van der Waals surface area contributed by atoms with E-state index in [1.165, 1.54) is 11.3 Å². The van der Waals surface area contributed by atoms with E-state index in [2.05, 4.69) is 57.0 Å². The molecule has 156 valence electrons. The number of benzene rings is 2. The van der Waals surface area contributed by atoms with Crippen LogP contribution < -0.4 is 10.2 Å². The highest BCUT2D eigenvalue weighted by atomic mass is 35.5. The van der Waals surface area contributed by atoms with Crippen LogP contribution in [0, 0.1) is 11.3 Å². The molecular formula is C25H28ClN3O. The first-order valence-electron chi connectivity index (χ1n) is 10.2. The quantitative estimate of drug-likeness (QED) is 0.459. The minimum atomic E-state index is -0.471. The summed E-state index contributed by atoms with van der Waals surface area (Å²) in [6, 6.07) is 15.6. The molecule has 1 atom stereocenters. The Morgan fingerprint density at radius 1 is 1.30 bits per heavy atom. The van der Waals surface area contributed by atoms with Crippen molar-refractivity contribution in [1.29, 1.82) is 5.26 Å². The van der Waals surface area contributed by atoms with Gasteiger partial charge in [-0.2, -0.15) is 5.26 Å². The molecular weight excluding hydrogens is 394 g/mol. The van der Waals surface area contributed by atoms with Crippen LogP contribution >= 0.6 is 11.6 Å². The Kier molecular flexibility index (Phi) is 6.24. The van der Waals surface area contributed by atoms with E-state index in [0.717, 1.165) is 12.0 Å². The number of para-hydroxylation sites is 1. The van der Waals surface area contributed by atoms with Crippen LogP contribution in [0.2, 0.25) is 5.02 Å². The second-order valence-electron chi connectivity index (χ2n) is 8.80. The summed E-state index contributed by atoms with van der Waals surface area (Å²) < 4.78 is 0. The summed E-state index contributed by atoms with van der Waals surface area (Å²) in [4.78, 5) is 15.1. The minimum Gasteiger partial charge on any atom is -0.364 e. The van der Waals surface area contributed by atoms with E-state index < -0.39 is 5.91 Å². The molecule has 0 radical (unpaired) electrons. The van der Waals surface area contributed by atoms with Gasteiger partial charge in [-0.25, -0.2) is 0 Å². The molecule has 0 aromatic heterocycles. The van der Waals surface area contributed by atoms with Gasteiger partial charge in [0.2, 0.25) is 0 Å². The van der Waals surface area contributed by atoms with Gasteiger partial charge >= 0.3 is 0 Å². The first-order chi connectivity index (χ1) is 14.1. The molecule has 1 aliphatic heterocycles. The maximum absolute atomic E-state index is 12.6. The first-order valence-corrected chi connectivity index (χ1v) is 10.6. The third-order valence-electron chi connectivity index (χ3n) is 5.61. The number of halogens is 1. The van der Waals surface area contributed by atoms with Crippen LogP contribution in [0.5, 0.6) is 0 Å². The largest absolute Gasteiger partial charge is 0.364 e. The van der Waals surface area contributed by atoms with Gasteiger partial charge in [0, 0.05) is 17.3 Å². The minimum absolute atomic E-state index is 0.0411. The zero-order valence-electron chi connectivity index (χ0n) is 18.2. The van der Waals surface area contributed by atoms with Gasteiger partial charge in [-0.1, -0.05) is 36.7 Å². The summed E-state index contributed by atoms with van der Waals surface area (Å²) in [6.07, 6.45) is 2.68. The summed E-state index contributed by atoms with van der Waals surface area (Å²) >= 11 is 6.11. The molecule has 2 aromatic carbocycles. The number of nitriles is 1. The molecule has 0 aliphatic carbocycles. The molecule has 2 aromatic rings. The highest BCUT2D eigenvalue weighted by Gasteiger charge is 2.37. The summed E-state index contributed by atoms with van der Waals surface area (Å²) in [5.41, 5.74) is 3.92. The number of carbonyl (C=O) groups is 1. The van der Waals surface area contributed by atoms with Gasteiger partial charge in [0.05, 0.1) is 10.7 Å². The van der Waals surface area contributed by atoms with Crippen molar-refractivity contribution in [2.45, 2.75) is 58.5 Å². The van der Waals surface area contributed by atoms with Gasteiger partial charge in [0.25, 0.3) is 5.91 Å². The van der Waals surface area contributed by atoms with Gasteiger partial charge < -0.3 is 10.2 Å². The number of hydrogen-bond acceptors (Lipinski definition) is 3. The van der Waals surface area contributed by atoms with Crippen molar-refractivity contribution in [3.8, 4) is 6.07 Å². The van der Waals surface area contributed by atoms with Crippen molar-refractivity contribution < 1.29 is 4.79 Å². The molecule has 0 bridgehead atoms. The Morgan fingerprint density at radius 2 is 2.00 bits per heavy atom. The SMILES string of the molecule is CC(C)N1c2ccc(/C=C(/C#N)C(=O)Nc3ccccc3Cl)cc2[C@@H](C)CC1(C)C. The third kappa shape index (κ3) is 4.37. The summed E-state index contributed by atoms with van der Waals surface area (Å²) in [6.45, 7) is 11.2. The number of anilines is 2. The average Bonchev–Trinajstić information content (AvgIpc) is 2.67. The Morgan fingerprint density at radius 3 is 2.63 bits per heavy atom. The molecule has 4 nitrogen and oxygen atoms in total. The van der Waals surface area contributed by atoms with Crippen molar-refractivity contribution in [2.75, 3.05) is 10.2 Å². The van der Waals surface area contributed by atoms with Crippen molar-refractivity contribution >= 4 is 35.0 Å². The lowest BCUT2D eigenvalue weighted by Gasteiger charge is -2.50. The Balaban J connectivity index is 1.94. The van der Waals surface area contributed by atoms with Crippen LogP contribution in [0.25, 0.3) is 6.08 Å².